The van der Waals surface area contributed by atoms with Gasteiger partial charge in [0.05, 0.1) is 0 Å². The number of hydrogen-bond donors (Lipinski definition) is 0. The number of rotatable bonds is 6. The molecule has 0 saturated carbocycles. The van der Waals surface area contributed by atoms with Crippen LogP contribution in [-0.2, 0) is 0 Å². The quantitative estimate of drug-likeness (QED) is 0.169. The summed E-state index contributed by atoms with van der Waals surface area (Å²) in [5, 5.41) is 2.86. The lowest BCUT2D eigenvalue weighted by Crippen LogP contribution is -2.00. The summed E-state index contributed by atoms with van der Waals surface area (Å²) in [5.74, 6) is 2.42. The fourth-order valence-electron chi connectivity index (χ4n) is 7.53. The van der Waals surface area contributed by atoms with Crippen LogP contribution in [0.3, 0.4) is 0 Å². The summed E-state index contributed by atoms with van der Waals surface area (Å²) >= 11 is 0. The molecule has 0 aliphatic carbocycles. The van der Waals surface area contributed by atoms with Crippen molar-refractivity contribution in [3.63, 3.8) is 0 Å². The second-order valence-electron chi connectivity index (χ2n) is 13.6. The van der Waals surface area contributed by atoms with Crippen molar-refractivity contribution in [2.45, 2.75) is 0 Å². The van der Waals surface area contributed by atoms with E-state index in [9.17, 15) is 0 Å². The average Bonchev–Trinajstić information content (AvgIpc) is 3.86. The van der Waals surface area contributed by atoms with E-state index in [-0.39, 0.29) is 0 Å². The number of fused-ring (bicyclic) bond motifs is 6. The molecule has 262 valence electrons. The van der Waals surface area contributed by atoms with E-state index >= 15 is 0 Å². The SMILES string of the molecule is c1ccc(-c2nc(-c3ccccc3)nc(-c3cccc(-c4cccc5c4oc4cccc(-c6nc(-c7ccccc7)c7oc8ccccc8c7n6)c45)c3)n2)cc1. The van der Waals surface area contributed by atoms with Gasteiger partial charge in [-0.1, -0.05) is 152 Å². The van der Waals surface area contributed by atoms with Crippen LogP contribution in [0.2, 0.25) is 0 Å². The molecular weight excluding hydrogens is 691 g/mol. The molecule has 0 N–H and O–H groups in total. The zero-order valence-electron chi connectivity index (χ0n) is 29.8. The van der Waals surface area contributed by atoms with Gasteiger partial charge in [0.2, 0.25) is 0 Å². The topological polar surface area (TPSA) is 90.7 Å². The number of para-hydroxylation sites is 2. The molecule has 0 bridgehead atoms. The van der Waals surface area contributed by atoms with Crippen LogP contribution in [0.4, 0.5) is 0 Å². The van der Waals surface area contributed by atoms with Gasteiger partial charge in [-0.15, -0.1) is 0 Å². The normalized spacial score (nSPS) is 11.6. The van der Waals surface area contributed by atoms with Gasteiger partial charge in [0.15, 0.2) is 28.9 Å². The highest BCUT2D eigenvalue weighted by atomic mass is 16.3. The van der Waals surface area contributed by atoms with E-state index in [1.165, 1.54) is 0 Å². The number of benzene rings is 7. The average molecular weight is 720 g/mol. The van der Waals surface area contributed by atoms with Crippen LogP contribution in [0.15, 0.2) is 185 Å². The van der Waals surface area contributed by atoms with E-state index < -0.39 is 0 Å². The van der Waals surface area contributed by atoms with Crippen molar-refractivity contribution in [2.24, 2.45) is 0 Å². The van der Waals surface area contributed by atoms with Gasteiger partial charge < -0.3 is 8.83 Å². The molecule has 0 spiro atoms. The number of aromatic nitrogens is 5. The molecule has 0 fully saturated rings. The van der Waals surface area contributed by atoms with E-state index in [0.717, 1.165) is 83.1 Å². The van der Waals surface area contributed by atoms with Crippen LogP contribution in [-0.4, -0.2) is 24.9 Å². The Kier molecular flexibility index (Phi) is 7.35. The highest BCUT2D eigenvalue weighted by molar-refractivity contribution is 6.15. The summed E-state index contributed by atoms with van der Waals surface area (Å²) in [6.07, 6.45) is 0. The van der Waals surface area contributed by atoms with Crippen molar-refractivity contribution in [2.75, 3.05) is 0 Å². The smallest absolute Gasteiger partial charge is 0.180 e. The third kappa shape index (κ3) is 5.33. The first kappa shape index (κ1) is 31.7. The molecule has 0 unspecified atom stereocenters. The van der Waals surface area contributed by atoms with E-state index in [1.54, 1.807) is 0 Å². The summed E-state index contributed by atoms with van der Waals surface area (Å²) in [4.78, 5) is 25.2. The zero-order chi connectivity index (χ0) is 37.0. The highest BCUT2D eigenvalue weighted by Gasteiger charge is 2.22. The van der Waals surface area contributed by atoms with Crippen LogP contribution in [0.1, 0.15) is 0 Å². The van der Waals surface area contributed by atoms with Gasteiger partial charge >= 0.3 is 0 Å². The summed E-state index contributed by atoms with van der Waals surface area (Å²) in [7, 11) is 0. The summed E-state index contributed by atoms with van der Waals surface area (Å²) in [5.41, 5.74) is 11.0. The Labute approximate surface area is 320 Å². The molecule has 0 amide bonds. The van der Waals surface area contributed by atoms with E-state index in [4.69, 9.17) is 33.8 Å². The fourth-order valence-corrected chi connectivity index (χ4v) is 7.53. The molecule has 7 heteroatoms. The first-order chi connectivity index (χ1) is 27.7. The van der Waals surface area contributed by atoms with Gasteiger partial charge in [-0.3, -0.25) is 0 Å². The van der Waals surface area contributed by atoms with Crippen molar-refractivity contribution < 1.29 is 8.83 Å². The largest absolute Gasteiger partial charge is 0.455 e. The molecule has 0 atom stereocenters. The Morgan fingerprint density at radius 3 is 1.57 bits per heavy atom. The highest BCUT2D eigenvalue weighted by Crippen LogP contribution is 2.42. The van der Waals surface area contributed by atoms with E-state index in [0.29, 0.717) is 28.9 Å². The molecule has 0 saturated heterocycles. The van der Waals surface area contributed by atoms with Crippen molar-refractivity contribution in [3.05, 3.63) is 176 Å². The van der Waals surface area contributed by atoms with Gasteiger partial charge in [0, 0.05) is 49.5 Å². The first-order valence-corrected chi connectivity index (χ1v) is 18.4. The first-order valence-electron chi connectivity index (χ1n) is 18.4. The van der Waals surface area contributed by atoms with Gasteiger partial charge in [-0.25, -0.2) is 24.9 Å². The second kappa shape index (κ2) is 13.0. The third-order valence-corrected chi connectivity index (χ3v) is 10.2. The second-order valence-corrected chi connectivity index (χ2v) is 13.6. The Morgan fingerprint density at radius 1 is 0.321 bits per heavy atom. The summed E-state index contributed by atoms with van der Waals surface area (Å²) in [6, 6.07) is 58.8. The molecule has 56 heavy (non-hydrogen) atoms. The Balaban J connectivity index is 1.07. The standard InChI is InChI=1S/C49H29N5O2/c1-4-15-30(16-5-1)42-45-43(36-23-10-11-27-39(36)55-45)51-49(50-42)38-26-14-28-40-41(38)37-25-13-24-35(44(37)56-40)33-21-12-22-34(29-33)48-53-46(31-17-6-2-7-18-31)52-47(54-48)32-19-8-3-9-20-32/h1-29H. The molecular formula is C49H29N5O2. The lowest BCUT2D eigenvalue weighted by molar-refractivity contribution is 0.667. The fraction of sp³-hybridized carbons (Fsp3) is 0. The molecule has 4 heterocycles. The molecule has 11 aromatic rings. The van der Waals surface area contributed by atoms with Crippen LogP contribution in [0.25, 0.3) is 112 Å². The molecule has 0 aliphatic rings. The number of nitrogens with zero attached hydrogens (tertiary/aromatic N) is 5. The molecule has 4 aromatic heterocycles. The van der Waals surface area contributed by atoms with Crippen molar-refractivity contribution in [3.8, 4) is 67.9 Å². The maximum atomic E-state index is 6.74. The minimum atomic E-state index is 0.590. The summed E-state index contributed by atoms with van der Waals surface area (Å²) in [6.45, 7) is 0. The third-order valence-electron chi connectivity index (χ3n) is 10.2. The van der Waals surface area contributed by atoms with E-state index in [2.05, 4.69) is 48.5 Å². The van der Waals surface area contributed by atoms with Gasteiger partial charge in [0.25, 0.3) is 0 Å². The minimum absolute atomic E-state index is 0.590. The molecule has 11 rings (SSSR count). The zero-order valence-corrected chi connectivity index (χ0v) is 29.8. The number of hydrogen-bond acceptors (Lipinski definition) is 7. The predicted molar refractivity (Wildman–Crippen MR) is 223 cm³/mol. The monoisotopic (exact) mass is 719 g/mol. The molecule has 7 aromatic carbocycles. The predicted octanol–water partition coefficient (Wildman–Crippen LogP) is 12.5. The Morgan fingerprint density at radius 2 is 0.839 bits per heavy atom. The Hall–Kier alpha value is -7.77. The van der Waals surface area contributed by atoms with Gasteiger partial charge in [-0.05, 0) is 29.8 Å². The lowest BCUT2D eigenvalue weighted by atomic mass is 9.99. The van der Waals surface area contributed by atoms with Gasteiger partial charge in [-0.2, -0.15) is 0 Å². The van der Waals surface area contributed by atoms with E-state index in [1.807, 2.05) is 127 Å². The van der Waals surface area contributed by atoms with Crippen LogP contribution in [0, 0.1) is 0 Å². The molecule has 0 radical (unpaired) electrons. The van der Waals surface area contributed by atoms with Crippen LogP contribution >= 0.6 is 0 Å². The molecule has 0 aliphatic heterocycles. The van der Waals surface area contributed by atoms with Crippen LogP contribution in [0.5, 0.6) is 0 Å². The van der Waals surface area contributed by atoms with Crippen molar-refractivity contribution in [1.29, 1.82) is 0 Å². The minimum Gasteiger partial charge on any atom is -0.455 e. The lowest BCUT2D eigenvalue weighted by Gasteiger charge is -2.10. The molecule has 7 nitrogen and oxygen atoms in total. The Bertz CT molecular complexity index is 3190. The van der Waals surface area contributed by atoms with Crippen LogP contribution < -0.4 is 0 Å². The maximum Gasteiger partial charge on any atom is 0.180 e. The summed E-state index contributed by atoms with van der Waals surface area (Å²) < 4.78 is 13.1. The number of furan rings is 2. The van der Waals surface area contributed by atoms with Gasteiger partial charge in [0.1, 0.15) is 28.0 Å². The van der Waals surface area contributed by atoms with Crippen molar-refractivity contribution >= 4 is 44.0 Å². The maximum absolute atomic E-state index is 6.74. The van der Waals surface area contributed by atoms with Crippen molar-refractivity contribution in [1.82, 2.24) is 24.9 Å².